The van der Waals surface area contributed by atoms with E-state index in [1.54, 1.807) is 0 Å². The second kappa shape index (κ2) is 8.26. The van der Waals surface area contributed by atoms with Gasteiger partial charge in [-0.2, -0.15) is 0 Å². The van der Waals surface area contributed by atoms with Crippen molar-refractivity contribution in [1.82, 2.24) is 0 Å². The largest absolute Gasteiger partial charge is 0.294 e. The van der Waals surface area contributed by atoms with Gasteiger partial charge >= 0.3 is 0 Å². The molecule has 0 heterocycles. The molecule has 1 aromatic rings. The van der Waals surface area contributed by atoms with Gasteiger partial charge in [-0.05, 0) is 55.9 Å². The molecule has 0 N–H and O–H groups in total. The molecule has 0 aliphatic heterocycles. The van der Waals surface area contributed by atoms with Gasteiger partial charge in [0.25, 0.3) is 0 Å². The molecule has 2 rings (SSSR count). The Hall–Kier alpha value is -1.44. The standard InChI is InChI=1S/C20H29NO/c1-4-5-8-11-21-19-13-15(2)18(12-16(19)3)20(22)14-17-9-6-7-10-17/h11-13,17H,4-10,14H2,1-3H3/b21-11+. The summed E-state index contributed by atoms with van der Waals surface area (Å²) in [6, 6.07) is 4.11. The molecule has 1 aliphatic carbocycles. The summed E-state index contributed by atoms with van der Waals surface area (Å²) in [5.41, 5.74) is 4.08. The molecule has 120 valence electrons. The third-order valence-corrected chi connectivity index (χ3v) is 4.71. The summed E-state index contributed by atoms with van der Waals surface area (Å²) >= 11 is 0. The van der Waals surface area contributed by atoms with Crippen LogP contribution < -0.4 is 0 Å². The van der Waals surface area contributed by atoms with Crippen LogP contribution in [0.15, 0.2) is 17.1 Å². The lowest BCUT2D eigenvalue weighted by Gasteiger charge is -2.12. The molecule has 2 heteroatoms. The molecule has 0 aromatic heterocycles. The average molecular weight is 299 g/mol. The van der Waals surface area contributed by atoms with Crippen molar-refractivity contribution in [3.63, 3.8) is 0 Å². The quantitative estimate of drug-likeness (QED) is 0.347. The Labute approximate surface area is 135 Å². The van der Waals surface area contributed by atoms with Gasteiger partial charge in [0, 0.05) is 18.2 Å². The first-order valence-corrected chi connectivity index (χ1v) is 8.78. The van der Waals surface area contributed by atoms with Gasteiger partial charge in [0.15, 0.2) is 5.78 Å². The molecular formula is C20H29NO. The van der Waals surface area contributed by atoms with Crippen molar-refractivity contribution >= 4 is 17.7 Å². The topological polar surface area (TPSA) is 29.4 Å². The number of rotatable bonds is 7. The molecule has 22 heavy (non-hydrogen) atoms. The molecule has 2 nitrogen and oxygen atoms in total. The molecule has 1 aliphatic rings. The molecule has 0 atom stereocenters. The summed E-state index contributed by atoms with van der Waals surface area (Å²) in [5.74, 6) is 0.924. The maximum absolute atomic E-state index is 12.5. The van der Waals surface area contributed by atoms with Gasteiger partial charge in [0.2, 0.25) is 0 Å². The predicted octanol–water partition coefficient (Wildman–Crippen LogP) is 5.96. The Morgan fingerprint density at radius 1 is 1.23 bits per heavy atom. The van der Waals surface area contributed by atoms with E-state index in [9.17, 15) is 4.79 Å². The minimum Gasteiger partial charge on any atom is -0.294 e. The zero-order chi connectivity index (χ0) is 15.9. The molecule has 0 bridgehead atoms. The van der Waals surface area contributed by atoms with E-state index in [1.165, 1.54) is 38.5 Å². The molecule has 0 radical (unpaired) electrons. The Balaban J connectivity index is 2.08. The van der Waals surface area contributed by atoms with E-state index >= 15 is 0 Å². The highest BCUT2D eigenvalue weighted by Gasteiger charge is 2.20. The van der Waals surface area contributed by atoms with Crippen LogP contribution in [0.25, 0.3) is 0 Å². The second-order valence-electron chi connectivity index (χ2n) is 6.69. The van der Waals surface area contributed by atoms with Gasteiger partial charge < -0.3 is 0 Å². The lowest BCUT2D eigenvalue weighted by molar-refractivity contribution is 0.0961. The Morgan fingerprint density at radius 2 is 1.95 bits per heavy atom. The molecule has 0 unspecified atom stereocenters. The van der Waals surface area contributed by atoms with Crippen LogP contribution in [0.5, 0.6) is 0 Å². The van der Waals surface area contributed by atoms with Crippen LogP contribution in [0.3, 0.4) is 0 Å². The number of aliphatic imine (C=N–C) groups is 1. The first kappa shape index (κ1) is 16.9. The monoisotopic (exact) mass is 299 g/mol. The number of aryl methyl sites for hydroxylation is 2. The summed E-state index contributed by atoms with van der Waals surface area (Å²) in [7, 11) is 0. The molecular weight excluding hydrogens is 270 g/mol. The van der Waals surface area contributed by atoms with E-state index < -0.39 is 0 Å². The number of carbonyl (C=O) groups excluding carboxylic acids is 1. The maximum atomic E-state index is 12.5. The number of ketones is 1. The highest BCUT2D eigenvalue weighted by atomic mass is 16.1. The van der Waals surface area contributed by atoms with Crippen LogP contribution in [-0.4, -0.2) is 12.0 Å². The zero-order valence-electron chi connectivity index (χ0n) is 14.3. The van der Waals surface area contributed by atoms with Crippen LogP contribution in [0.4, 0.5) is 5.69 Å². The Morgan fingerprint density at radius 3 is 2.64 bits per heavy atom. The highest BCUT2D eigenvalue weighted by molar-refractivity contribution is 5.98. The number of nitrogens with zero attached hydrogens (tertiary/aromatic N) is 1. The molecule has 1 aromatic carbocycles. The summed E-state index contributed by atoms with van der Waals surface area (Å²) in [6.07, 6.45) is 11.2. The normalized spacial score (nSPS) is 15.8. The van der Waals surface area contributed by atoms with E-state index in [1.807, 2.05) is 19.2 Å². The number of Topliss-reactive ketones (excluding diaryl/α,β-unsaturated/α-hetero) is 1. The summed E-state index contributed by atoms with van der Waals surface area (Å²) < 4.78 is 0. The lowest BCUT2D eigenvalue weighted by Crippen LogP contribution is -2.08. The minimum absolute atomic E-state index is 0.314. The van der Waals surface area contributed by atoms with Crippen molar-refractivity contribution in [2.45, 2.75) is 72.1 Å². The van der Waals surface area contributed by atoms with Gasteiger partial charge in [-0.25, -0.2) is 0 Å². The van der Waals surface area contributed by atoms with E-state index in [4.69, 9.17) is 0 Å². The molecule has 1 fully saturated rings. The van der Waals surface area contributed by atoms with Gasteiger partial charge in [-0.1, -0.05) is 39.0 Å². The highest BCUT2D eigenvalue weighted by Crippen LogP contribution is 2.30. The fourth-order valence-corrected chi connectivity index (χ4v) is 3.29. The van der Waals surface area contributed by atoms with Crippen LogP contribution in [-0.2, 0) is 0 Å². The van der Waals surface area contributed by atoms with Gasteiger partial charge in [0.05, 0.1) is 5.69 Å². The first-order chi connectivity index (χ1) is 10.6. The van der Waals surface area contributed by atoms with E-state index in [-0.39, 0.29) is 0 Å². The first-order valence-electron chi connectivity index (χ1n) is 8.78. The average Bonchev–Trinajstić information content (AvgIpc) is 2.99. The van der Waals surface area contributed by atoms with Gasteiger partial charge in [-0.15, -0.1) is 0 Å². The predicted molar refractivity (Wildman–Crippen MR) is 94.5 cm³/mol. The third-order valence-electron chi connectivity index (χ3n) is 4.71. The van der Waals surface area contributed by atoms with Gasteiger partial charge in [0.1, 0.15) is 0 Å². The second-order valence-corrected chi connectivity index (χ2v) is 6.69. The molecule has 1 saturated carbocycles. The number of unbranched alkanes of at least 4 members (excludes halogenated alkanes) is 2. The van der Waals surface area contributed by atoms with E-state index in [0.29, 0.717) is 11.7 Å². The minimum atomic E-state index is 0.314. The SMILES string of the molecule is CCCC/C=N/c1cc(C)c(C(=O)CC2CCCC2)cc1C. The van der Waals surface area contributed by atoms with E-state index in [2.05, 4.69) is 24.9 Å². The van der Waals surface area contributed by atoms with Gasteiger partial charge in [-0.3, -0.25) is 9.79 Å². The fraction of sp³-hybridized carbons (Fsp3) is 0.600. The van der Waals surface area contributed by atoms with Crippen molar-refractivity contribution in [1.29, 1.82) is 0 Å². The van der Waals surface area contributed by atoms with Crippen molar-refractivity contribution in [2.24, 2.45) is 10.9 Å². The number of hydrogen-bond donors (Lipinski definition) is 0. The lowest BCUT2D eigenvalue weighted by atomic mass is 9.93. The molecule has 0 saturated heterocycles. The summed E-state index contributed by atoms with van der Waals surface area (Å²) in [6.45, 7) is 6.28. The Kier molecular flexibility index (Phi) is 6.35. The van der Waals surface area contributed by atoms with Crippen molar-refractivity contribution in [3.8, 4) is 0 Å². The van der Waals surface area contributed by atoms with Crippen LogP contribution in [0.2, 0.25) is 0 Å². The fourth-order valence-electron chi connectivity index (χ4n) is 3.29. The van der Waals surface area contributed by atoms with Crippen LogP contribution in [0, 0.1) is 19.8 Å². The van der Waals surface area contributed by atoms with Crippen molar-refractivity contribution < 1.29 is 4.79 Å². The third kappa shape index (κ3) is 4.53. The summed E-state index contributed by atoms with van der Waals surface area (Å²) in [5, 5.41) is 0. The van der Waals surface area contributed by atoms with Crippen LogP contribution in [0.1, 0.15) is 79.8 Å². The van der Waals surface area contributed by atoms with Crippen molar-refractivity contribution in [3.05, 3.63) is 28.8 Å². The van der Waals surface area contributed by atoms with Crippen LogP contribution >= 0.6 is 0 Å². The maximum Gasteiger partial charge on any atom is 0.163 e. The number of hydrogen-bond acceptors (Lipinski definition) is 2. The molecule has 0 amide bonds. The smallest absolute Gasteiger partial charge is 0.163 e. The molecule has 0 spiro atoms. The van der Waals surface area contributed by atoms with Crippen molar-refractivity contribution in [2.75, 3.05) is 0 Å². The van der Waals surface area contributed by atoms with E-state index in [0.717, 1.165) is 35.2 Å². The Bertz CT molecular complexity index is 539. The number of benzene rings is 1. The zero-order valence-corrected chi connectivity index (χ0v) is 14.3. The number of carbonyl (C=O) groups is 1. The summed E-state index contributed by atoms with van der Waals surface area (Å²) in [4.78, 5) is 17.1.